The number of anilines is 3. The van der Waals surface area contributed by atoms with Gasteiger partial charge in [-0.05, 0) is 43.2 Å². The van der Waals surface area contributed by atoms with Crippen LogP contribution in [0.2, 0.25) is 0 Å². The molecule has 0 saturated carbocycles. The van der Waals surface area contributed by atoms with Crippen LogP contribution in [0, 0.1) is 13.8 Å². The molecule has 3 aromatic rings. The van der Waals surface area contributed by atoms with E-state index in [1.807, 2.05) is 50.2 Å². The maximum Gasteiger partial charge on any atom is 0.267 e. The number of piperazine rings is 1. The lowest BCUT2D eigenvalue weighted by atomic mass is 10.1. The van der Waals surface area contributed by atoms with Gasteiger partial charge in [0.25, 0.3) is 5.56 Å². The van der Waals surface area contributed by atoms with Crippen molar-refractivity contribution in [3.8, 4) is 0 Å². The number of carbonyl (C=O) groups excluding carboxylic acids is 1. The number of aryl methyl sites for hydroxylation is 2. The molecule has 0 bridgehead atoms. The summed E-state index contributed by atoms with van der Waals surface area (Å²) < 4.78 is 1.24. The predicted molar refractivity (Wildman–Crippen MR) is 124 cm³/mol. The topological polar surface area (TPSA) is 70.5 Å². The molecule has 4 rings (SSSR count). The normalized spacial score (nSPS) is 13.9. The molecule has 0 unspecified atom stereocenters. The maximum absolute atomic E-state index is 12.6. The van der Waals surface area contributed by atoms with Gasteiger partial charge in [0, 0.05) is 43.6 Å². The highest BCUT2D eigenvalue weighted by Gasteiger charge is 2.19. The Kier molecular flexibility index (Phi) is 6.02. The molecule has 7 heteroatoms. The van der Waals surface area contributed by atoms with Crippen LogP contribution in [0.1, 0.15) is 11.1 Å². The lowest BCUT2D eigenvalue weighted by Gasteiger charge is -2.36. The summed E-state index contributed by atoms with van der Waals surface area (Å²) in [6, 6.07) is 19.4. The van der Waals surface area contributed by atoms with Crippen molar-refractivity contribution in [1.29, 1.82) is 0 Å². The number of hydrogen-bond acceptors (Lipinski definition) is 5. The smallest absolute Gasteiger partial charge is 0.267 e. The first-order chi connectivity index (χ1) is 15.0. The Balaban J connectivity index is 1.43. The van der Waals surface area contributed by atoms with E-state index in [4.69, 9.17) is 0 Å². The van der Waals surface area contributed by atoms with Gasteiger partial charge in [0.15, 0.2) is 0 Å². The summed E-state index contributed by atoms with van der Waals surface area (Å²) in [6.45, 7) is 7.12. The Labute approximate surface area is 181 Å². The second-order valence-corrected chi connectivity index (χ2v) is 7.81. The quantitative estimate of drug-likeness (QED) is 0.691. The highest BCUT2D eigenvalue weighted by molar-refractivity contribution is 5.92. The first-order valence-corrected chi connectivity index (χ1v) is 10.5. The van der Waals surface area contributed by atoms with Crippen LogP contribution in [0.3, 0.4) is 0 Å². The van der Waals surface area contributed by atoms with Gasteiger partial charge in [0.2, 0.25) is 5.91 Å². The number of hydrogen-bond donors (Lipinski definition) is 1. The van der Waals surface area contributed by atoms with Crippen LogP contribution in [0.4, 0.5) is 17.2 Å². The first kappa shape index (κ1) is 20.7. The molecule has 160 valence electrons. The molecule has 1 fully saturated rings. The van der Waals surface area contributed by atoms with Crippen molar-refractivity contribution in [1.82, 2.24) is 9.78 Å². The molecule has 0 spiro atoms. The van der Waals surface area contributed by atoms with Crippen LogP contribution in [0.25, 0.3) is 0 Å². The molecule has 1 saturated heterocycles. The third-order valence-electron chi connectivity index (χ3n) is 5.62. The lowest BCUT2D eigenvalue weighted by molar-refractivity contribution is -0.117. The van der Waals surface area contributed by atoms with Crippen molar-refractivity contribution in [3.63, 3.8) is 0 Å². The van der Waals surface area contributed by atoms with E-state index in [0.717, 1.165) is 43.0 Å². The lowest BCUT2D eigenvalue weighted by Crippen LogP contribution is -2.47. The minimum Gasteiger partial charge on any atom is -0.368 e. The molecule has 1 aliphatic heterocycles. The van der Waals surface area contributed by atoms with E-state index in [2.05, 4.69) is 32.3 Å². The number of nitrogens with zero attached hydrogens (tertiary/aromatic N) is 4. The number of benzene rings is 2. The van der Waals surface area contributed by atoms with E-state index in [-0.39, 0.29) is 18.0 Å². The van der Waals surface area contributed by atoms with Crippen molar-refractivity contribution in [3.05, 3.63) is 82.1 Å². The Morgan fingerprint density at radius 3 is 2.19 bits per heavy atom. The second-order valence-electron chi connectivity index (χ2n) is 7.81. The third kappa shape index (κ3) is 4.77. The maximum atomic E-state index is 12.6. The van der Waals surface area contributed by atoms with Crippen LogP contribution in [-0.4, -0.2) is 41.9 Å². The number of nitrogens with one attached hydrogen (secondary N) is 1. The summed E-state index contributed by atoms with van der Waals surface area (Å²) >= 11 is 0. The van der Waals surface area contributed by atoms with Gasteiger partial charge in [-0.25, -0.2) is 4.68 Å². The fraction of sp³-hybridized carbons (Fsp3) is 0.292. The third-order valence-corrected chi connectivity index (χ3v) is 5.62. The predicted octanol–water partition coefficient (Wildman–Crippen LogP) is 2.83. The van der Waals surface area contributed by atoms with Gasteiger partial charge in [-0.2, -0.15) is 5.10 Å². The van der Waals surface area contributed by atoms with E-state index < -0.39 is 0 Å². The van der Waals surface area contributed by atoms with E-state index in [1.54, 1.807) is 6.07 Å². The zero-order valence-electron chi connectivity index (χ0n) is 17.9. The van der Waals surface area contributed by atoms with Crippen molar-refractivity contribution in [2.75, 3.05) is 41.3 Å². The summed E-state index contributed by atoms with van der Waals surface area (Å²) in [7, 11) is 0. The highest BCUT2D eigenvalue weighted by atomic mass is 16.2. The molecule has 1 N–H and O–H groups in total. The van der Waals surface area contributed by atoms with Crippen LogP contribution in [0.15, 0.2) is 65.5 Å². The van der Waals surface area contributed by atoms with Gasteiger partial charge in [0.1, 0.15) is 12.4 Å². The SMILES string of the molecule is Cc1cccc(C)c1NC(=O)Cn1nc(N2CCN(c3ccccc3)CC2)ccc1=O. The van der Waals surface area contributed by atoms with Crippen molar-refractivity contribution >= 4 is 23.1 Å². The number of carbonyl (C=O) groups is 1. The molecule has 1 aliphatic rings. The van der Waals surface area contributed by atoms with Crippen LogP contribution >= 0.6 is 0 Å². The van der Waals surface area contributed by atoms with E-state index in [1.165, 1.54) is 16.4 Å². The second kappa shape index (κ2) is 9.04. The van der Waals surface area contributed by atoms with Crippen LogP contribution in [-0.2, 0) is 11.3 Å². The number of rotatable bonds is 5. The summed E-state index contributed by atoms with van der Waals surface area (Å²) in [5, 5.41) is 7.39. The molecule has 7 nitrogen and oxygen atoms in total. The van der Waals surface area contributed by atoms with Crippen molar-refractivity contribution in [2.24, 2.45) is 0 Å². The fourth-order valence-corrected chi connectivity index (χ4v) is 3.88. The highest BCUT2D eigenvalue weighted by Crippen LogP contribution is 2.20. The molecule has 0 atom stereocenters. The summed E-state index contributed by atoms with van der Waals surface area (Å²) in [6.07, 6.45) is 0. The zero-order chi connectivity index (χ0) is 21.8. The van der Waals surface area contributed by atoms with Crippen LogP contribution < -0.4 is 20.7 Å². The summed E-state index contributed by atoms with van der Waals surface area (Å²) in [5.74, 6) is 0.449. The Morgan fingerprint density at radius 1 is 0.871 bits per heavy atom. The van der Waals surface area contributed by atoms with Crippen molar-refractivity contribution < 1.29 is 4.79 Å². The summed E-state index contributed by atoms with van der Waals surface area (Å²) in [5.41, 5.74) is 3.68. The molecular weight excluding hydrogens is 390 g/mol. The average Bonchev–Trinajstić information content (AvgIpc) is 2.79. The first-order valence-electron chi connectivity index (χ1n) is 10.5. The van der Waals surface area contributed by atoms with Gasteiger partial charge in [-0.1, -0.05) is 36.4 Å². The number of amides is 1. The van der Waals surface area contributed by atoms with Gasteiger partial charge < -0.3 is 15.1 Å². The molecular formula is C24H27N5O2. The average molecular weight is 418 g/mol. The van der Waals surface area contributed by atoms with Crippen LogP contribution in [0.5, 0.6) is 0 Å². The largest absolute Gasteiger partial charge is 0.368 e. The van der Waals surface area contributed by atoms with Gasteiger partial charge in [0.05, 0.1) is 0 Å². The molecule has 0 aliphatic carbocycles. The molecule has 1 aromatic heterocycles. The van der Waals surface area contributed by atoms with E-state index in [9.17, 15) is 9.59 Å². The van der Waals surface area contributed by atoms with Crippen molar-refractivity contribution in [2.45, 2.75) is 20.4 Å². The Morgan fingerprint density at radius 2 is 1.52 bits per heavy atom. The monoisotopic (exact) mass is 417 g/mol. The molecule has 1 amide bonds. The van der Waals surface area contributed by atoms with E-state index in [0.29, 0.717) is 5.82 Å². The number of para-hydroxylation sites is 2. The number of aromatic nitrogens is 2. The van der Waals surface area contributed by atoms with Gasteiger partial charge in [-0.3, -0.25) is 9.59 Å². The molecule has 2 heterocycles. The molecule has 31 heavy (non-hydrogen) atoms. The molecule has 0 radical (unpaired) electrons. The Hall–Kier alpha value is -3.61. The summed E-state index contributed by atoms with van der Waals surface area (Å²) in [4.78, 5) is 29.4. The standard InChI is InChI=1S/C24H27N5O2/c1-18-7-6-8-19(2)24(18)25-22(30)17-29-23(31)12-11-21(26-29)28-15-13-27(14-16-28)20-9-4-3-5-10-20/h3-12H,13-17H2,1-2H3,(H,25,30). The zero-order valence-corrected chi connectivity index (χ0v) is 17.9. The minimum atomic E-state index is -0.289. The van der Waals surface area contributed by atoms with Gasteiger partial charge >= 0.3 is 0 Å². The Bertz CT molecular complexity index is 1100. The minimum absolute atomic E-state index is 0.121. The van der Waals surface area contributed by atoms with Gasteiger partial charge in [-0.15, -0.1) is 0 Å². The molecule has 2 aromatic carbocycles. The fourth-order valence-electron chi connectivity index (χ4n) is 3.88. The van der Waals surface area contributed by atoms with E-state index >= 15 is 0 Å².